The number of pyridine rings is 1. The van der Waals surface area contributed by atoms with Crippen molar-refractivity contribution in [3.8, 4) is 0 Å². The number of halogens is 1. The molecule has 0 aromatic carbocycles. The number of rotatable bonds is 5. The molecule has 0 saturated carbocycles. The van der Waals surface area contributed by atoms with Gasteiger partial charge < -0.3 is 16.4 Å². The Bertz CT molecular complexity index is 273. The first kappa shape index (κ1) is 10.9. The minimum absolute atomic E-state index is 0.323. The third-order valence-electron chi connectivity index (χ3n) is 1.84. The van der Waals surface area contributed by atoms with Gasteiger partial charge in [-0.2, -0.15) is 0 Å². The van der Waals surface area contributed by atoms with Gasteiger partial charge in [0.1, 0.15) is 0 Å². The molecule has 1 aromatic rings. The molecule has 14 heavy (non-hydrogen) atoms. The van der Waals surface area contributed by atoms with E-state index in [1.54, 1.807) is 17.2 Å². The van der Waals surface area contributed by atoms with E-state index >= 15 is 0 Å². The Labute approximate surface area is 82.7 Å². The number of nitrogens with two attached hydrogens (primary N) is 2. The SMILES string of the molecule is NCCN(CCN)c1ncccc1F. The maximum atomic E-state index is 13.3. The molecule has 1 aromatic heterocycles. The summed E-state index contributed by atoms with van der Waals surface area (Å²) < 4.78 is 13.3. The summed E-state index contributed by atoms with van der Waals surface area (Å²) in [5, 5.41) is 0. The first-order valence-corrected chi connectivity index (χ1v) is 4.55. The molecule has 0 radical (unpaired) electrons. The van der Waals surface area contributed by atoms with E-state index in [4.69, 9.17) is 11.5 Å². The van der Waals surface area contributed by atoms with Crippen LogP contribution in [-0.2, 0) is 0 Å². The summed E-state index contributed by atoms with van der Waals surface area (Å²) in [7, 11) is 0. The van der Waals surface area contributed by atoms with Crippen molar-refractivity contribution in [2.75, 3.05) is 31.1 Å². The lowest BCUT2D eigenvalue weighted by molar-refractivity contribution is 0.608. The predicted octanol–water partition coefficient (Wildman–Crippen LogP) is -0.0555. The summed E-state index contributed by atoms with van der Waals surface area (Å²) in [5.41, 5.74) is 10.8. The predicted molar refractivity (Wildman–Crippen MR) is 54.5 cm³/mol. The molecule has 1 rings (SSSR count). The van der Waals surface area contributed by atoms with Crippen molar-refractivity contribution in [1.82, 2.24) is 4.98 Å². The fourth-order valence-electron chi connectivity index (χ4n) is 1.25. The maximum absolute atomic E-state index is 13.3. The molecule has 4 N–H and O–H groups in total. The zero-order valence-corrected chi connectivity index (χ0v) is 7.99. The van der Waals surface area contributed by atoms with E-state index < -0.39 is 0 Å². The number of nitrogens with zero attached hydrogens (tertiary/aromatic N) is 2. The molecule has 0 amide bonds. The Morgan fingerprint density at radius 1 is 1.29 bits per heavy atom. The molecule has 0 atom stereocenters. The highest BCUT2D eigenvalue weighted by Gasteiger charge is 2.10. The second kappa shape index (κ2) is 5.51. The zero-order valence-electron chi connectivity index (χ0n) is 7.99. The summed E-state index contributed by atoms with van der Waals surface area (Å²) in [6, 6.07) is 2.93. The van der Waals surface area contributed by atoms with Crippen LogP contribution in [0.1, 0.15) is 0 Å². The Morgan fingerprint density at radius 3 is 2.43 bits per heavy atom. The summed E-state index contributed by atoms with van der Waals surface area (Å²) in [4.78, 5) is 5.70. The number of aromatic nitrogens is 1. The van der Waals surface area contributed by atoms with Gasteiger partial charge in [0.25, 0.3) is 0 Å². The van der Waals surface area contributed by atoms with Crippen LogP contribution < -0.4 is 16.4 Å². The van der Waals surface area contributed by atoms with Gasteiger partial charge in [-0.15, -0.1) is 0 Å². The van der Waals surface area contributed by atoms with Crippen LogP contribution in [0, 0.1) is 5.82 Å². The van der Waals surface area contributed by atoms with Crippen molar-refractivity contribution in [3.63, 3.8) is 0 Å². The van der Waals surface area contributed by atoms with Crippen LogP contribution >= 0.6 is 0 Å². The van der Waals surface area contributed by atoms with E-state index in [9.17, 15) is 4.39 Å². The van der Waals surface area contributed by atoms with E-state index in [-0.39, 0.29) is 5.82 Å². The van der Waals surface area contributed by atoms with Crippen LogP contribution in [0.3, 0.4) is 0 Å². The Morgan fingerprint density at radius 2 is 1.93 bits per heavy atom. The van der Waals surface area contributed by atoms with Gasteiger partial charge in [-0.1, -0.05) is 0 Å². The molecule has 0 aliphatic heterocycles. The van der Waals surface area contributed by atoms with Gasteiger partial charge in [0.15, 0.2) is 11.6 Å². The van der Waals surface area contributed by atoms with Crippen LogP contribution in [0.25, 0.3) is 0 Å². The monoisotopic (exact) mass is 198 g/mol. The molecular formula is C9H15FN4. The van der Waals surface area contributed by atoms with E-state index in [0.717, 1.165) is 0 Å². The van der Waals surface area contributed by atoms with Gasteiger partial charge in [-0.3, -0.25) is 0 Å². The topological polar surface area (TPSA) is 68.2 Å². The summed E-state index contributed by atoms with van der Waals surface area (Å²) in [5.74, 6) is -0.0159. The molecule has 4 nitrogen and oxygen atoms in total. The van der Waals surface area contributed by atoms with Crippen molar-refractivity contribution in [1.29, 1.82) is 0 Å². The molecule has 0 unspecified atom stereocenters. The number of hydrogen-bond donors (Lipinski definition) is 2. The summed E-state index contributed by atoms with van der Waals surface area (Å²) >= 11 is 0. The fraction of sp³-hybridized carbons (Fsp3) is 0.444. The Balaban J connectivity index is 2.81. The van der Waals surface area contributed by atoms with Gasteiger partial charge in [0, 0.05) is 32.4 Å². The van der Waals surface area contributed by atoms with Gasteiger partial charge in [0.2, 0.25) is 0 Å². The lowest BCUT2D eigenvalue weighted by Gasteiger charge is -2.22. The number of hydrogen-bond acceptors (Lipinski definition) is 4. The molecule has 0 spiro atoms. The molecule has 0 aliphatic rings. The Kier molecular flexibility index (Phi) is 4.28. The second-order valence-electron chi connectivity index (χ2n) is 2.87. The van der Waals surface area contributed by atoms with Crippen molar-refractivity contribution in [3.05, 3.63) is 24.1 Å². The van der Waals surface area contributed by atoms with Crippen LogP contribution in [-0.4, -0.2) is 31.2 Å². The lowest BCUT2D eigenvalue weighted by Crippen LogP contribution is -2.35. The van der Waals surface area contributed by atoms with E-state index in [1.165, 1.54) is 6.07 Å². The highest BCUT2D eigenvalue weighted by Crippen LogP contribution is 2.13. The average molecular weight is 198 g/mol. The number of anilines is 1. The normalized spacial score (nSPS) is 10.2. The minimum atomic E-state index is -0.339. The van der Waals surface area contributed by atoms with Crippen LogP contribution in [0.4, 0.5) is 10.2 Å². The Hall–Kier alpha value is -1.20. The summed E-state index contributed by atoms with van der Waals surface area (Å²) in [6.45, 7) is 2.03. The largest absolute Gasteiger partial charge is 0.352 e. The quantitative estimate of drug-likeness (QED) is 0.695. The van der Waals surface area contributed by atoms with Gasteiger partial charge >= 0.3 is 0 Å². The van der Waals surface area contributed by atoms with Gasteiger partial charge in [-0.25, -0.2) is 9.37 Å². The fourth-order valence-corrected chi connectivity index (χ4v) is 1.25. The molecule has 0 fully saturated rings. The highest BCUT2D eigenvalue weighted by atomic mass is 19.1. The van der Waals surface area contributed by atoms with E-state index in [1.807, 2.05) is 0 Å². The molecular weight excluding hydrogens is 183 g/mol. The third kappa shape index (κ3) is 2.65. The highest BCUT2D eigenvalue weighted by molar-refractivity contribution is 5.39. The molecule has 0 bridgehead atoms. The van der Waals surface area contributed by atoms with Crippen LogP contribution in [0.15, 0.2) is 18.3 Å². The van der Waals surface area contributed by atoms with Crippen molar-refractivity contribution >= 4 is 5.82 Å². The first-order chi connectivity index (χ1) is 6.79. The third-order valence-corrected chi connectivity index (χ3v) is 1.84. The first-order valence-electron chi connectivity index (χ1n) is 4.55. The average Bonchev–Trinajstić information content (AvgIpc) is 2.18. The molecule has 0 saturated heterocycles. The molecule has 0 aliphatic carbocycles. The molecule has 1 heterocycles. The lowest BCUT2D eigenvalue weighted by atomic mass is 10.4. The van der Waals surface area contributed by atoms with Gasteiger partial charge in [0.05, 0.1) is 0 Å². The van der Waals surface area contributed by atoms with Crippen molar-refractivity contribution in [2.24, 2.45) is 11.5 Å². The standard InChI is InChI=1S/C9H15FN4/c10-8-2-1-5-13-9(8)14(6-3-11)7-4-12/h1-2,5H,3-4,6-7,11-12H2. The maximum Gasteiger partial charge on any atom is 0.165 e. The summed E-state index contributed by atoms with van der Waals surface area (Å²) in [6.07, 6.45) is 1.55. The second-order valence-corrected chi connectivity index (χ2v) is 2.87. The van der Waals surface area contributed by atoms with Crippen molar-refractivity contribution < 1.29 is 4.39 Å². The van der Waals surface area contributed by atoms with E-state index in [2.05, 4.69) is 4.98 Å². The smallest absolute Gasteiger partial charge is 0.165 e. The van der Waals surface area contributed by atoms with E-state index in [0.29, 0.717) is 32.0 Å². The van der Waals surface area contributed by atoms with Crippen LogP contribution in [0.5, 0.6) is 0 Å². The van der Waals surface area contributed by atoms with Crippen LogP contribution in [0.2, 0.25) is 0 Å². The van der Waals surface area contributed by atoms with Crippen molar-refractivity contribution in [2.45, 2.75) is 0 Å². The zero-order chi connectivity index (χ0) is 10.4. The molecule has 78 valence electrons. The minimum Gasteiger partial charge on any atom is -0.352 e. The molecule has 5 heteroatoms. The van der Waals surface area contributed by atoms with Gasteiger partial charge in [-0.05, 0) is 12.1 Å².